The number of imidazole rings is 1. The number of hydrogen-bond acceptors (Lipinski definition) is 2. The van der Waals surface area contributed by atoms with E-state index in [9.17, 15) is 4.79 Å². The highest BCUT2D eigenvalue weighted by atomic mass is 35.5. The lowest BCUT2D eigenvalue weighted by Crippen LogP contribution is -2.21. The van der Waals surface area contributed by atoms with Crippen molar-refractivity contribution >= 4 is 40.1 Å². The van der Waals surface area contributed by atoms with Crippen LogP contribution in [0.1, 0.15) is 24.7 Å². The van der Waals surface area contributed by atoms with Crippen molar-refractivity contribution in [3.8, 4) is 0 Å². The van der Waals surface area contributed by atoms with E-state index in [1.54, 1.807) is 0 Å². The summed E-state index contributed by atoms with van der Waals surface area (Å²) in [6.45, 7) is 2.84. The third-order valence-corrected chi connectivity index (χ3v) is 4.75. The number of nitrogens with zero attached hydrogens (tertiary/aromatic N) is 2. The molecule has 0 atom stereocenters. The number of carbonyl (C=O) groups excluding carboxylic acids is 1. The minimum Gasteiger partial charge on any atom is -0.356 e. The first-order valence-electron chi connectivity index (χ1n) is 8.17. The van der Waals surface area contributed by atoms with Crippen LogP contribution in [0.2, 0.25) is 10.0 Å². The quantitative estimate of drug-likeness (QED) is 0.646. The van der Waals surface area contributed by atoms with Crippen LogP contribution in [-0.2, 0) is 17.8 Å². The van der Waals surface area contributed by atoms with E-state index in [2.05, 4.69) is 16.0 Å². The fourth-order valence-electron chi connectivity index (χ4n) is 2.82. The molecule has 0 radical (unpaired) electrons. The van der Waals surface area contributed by atoms with E-state index < -0.39 is 0 Å². The predicted molar refractivity (Wildman–Crippen MR) is 102 cm³/mol. The molecule has 25 heavy (non-hydrogen) atoms. The van der Waals surface area contributed by atoms with Crippen LogP contribution >= 0.6 is 23.2 Å². The molecule has 4 nitrogen and oxygen atoms in total. The van der Waals surface area contributed by atoms with Crippen molar-refractivity contribution in [2.75, 3.05) is 6.54 Å². The summed E-state index contributed by atoms with van der Waals surface area (Å²) in [7, 11) is 0. The van der Waals surface area contributed by atoms with Gasteiger partial charge in [0, 0.05) is 26.4 Å². The maximum Gasteiger partial charge on any atom is 0.216 e. The first-order chi connectivity index (χ1) is 12.0. The van der Waals surface area contributed by atoms with E-state index in [4.69, 9.17) is 28.2 Å². The number of halogens is 2. The smallest absolute Gasteiger partial charge is 0.216 e. The zero-order chi connectivity index (χ0) is 17.8. The molecule has 1 N–H and O–H groups in total. The van der Waals surface area contributed by atoms with Gasteiger partial charge in [-0.15, -0.1) is 0 Å². The molecule has 130 valence electrons. The molecule has 3 aromatic rings. The van der Waals surface area contributed by atoms with Gasteiger partial charge >= 0.3 is 0 Å². The topological polar surface area (TPSA) is 46.9 Å². The fourth-order valence-corrected chi connectivity index (χ4v) is 3.14. The Morgan fingerprint density at radius 3 is 2.72 bits per heavy atom. The maximum atomic E-state index is 11.0. The minimum atomic E-state index is -0.00990. The Morgan fingerprint density at radius 1 is 1.16 bits per heavy atom. The molecule has 0 bridgehead atoms. The minimum absolute atomic E-state index is 0.00990. The Hall–Kier alpha value is -2.04. The second-order valence-corrected chi connectivity index (χ2v) is 6.75. The van der Waals surface area contributed by atoms with Gasteiger partial charge < -0.3 is 9.88 Å². The first-order valence-corrected chi connectivity index (χ1v) is 8.92. The van der Waals surface area contributed by atoms with Crippen LogP contribution < -0.4 is 5.32 Å². The van der Waals surface area contributed by atoms with Gasteiger partial charge in [0.25, 0.3) is 0 Å². The lowest BCUT2D eigenvalue weighted by molar-refractivity contribution is -0.118. The first kappa shape index (κ1) is 17.8. The second kappa shape index (κ2) is 7.89. The van der Waals surface area contributed by atoms with Crippen LogP contribution in [0.15, 0.2) is 42.5 Å². The highest BCUT2D eigenvalue weighted by molar-refractivity contribution is 6.42. The van der Waals surface area contributed by atoms with Crippen LogP contribution in [-0.4, -0.2) is 22.0 Å². The summed E-state index contributed by atoms with van der Waals surface area (Å²) in [5, 5.41) is 3.93. The molecule has 0 aliphatic carbocycles. The van der Waals surface area contributed by atoms with Gasteiger partial charge in [0.05, 0.1) is 21.1 Å². The van der Waals surface area contributed by atoms with Gasteiger partial charge in [-0.2, -0.15) is 0 Å². The lowest BCUT2D eigenvalue weighted by atomic mass is 10.2. The molecule has 6 heteroatoms. The summed E-state index contributed by atoms with van der Waals surface area (Å²) >= 11 is 12.2. The van der Waals surface area contributed by atoms with Crippen molar-refractivity contribution in [2.24, 2.45) is 0 Å². The number of hydrogen-bond donors (Lipinski definition) is 1. The van der Waals surface area contributed by atoms with Gasteiger partial charge in [0.1, 0.15) is 5.82 Å². The summed E-state index contributed by atoms with van der Waals surface area (Å²) < 4.78 is 2.20. The number of carbonyl (C=O) groups is 1. The van der Waals surface area contributed by atoms with Gasteiger partial charge in [-0.25, -0.2) is 4.98 Å². The number of benzene rings is 2. The number of fused-ring (bicyclic) bond motifs is 1. The third-order valence-electron chi connectivity index (χ3n) is 4.01. The summed E-state index contributed by atoms with van der Waals surface area (Å²) in [6.07, 6.45) is 1.63. The molecule has 0 saturated carbocycles. The summed E-state index contributed by atoms with van der Waals surface area (Å²) in [5.74, 6) is 0.988. The predicted octanol–water partition coefficient (Wildman–Crippen LogP) is 4.46. The SMILES string of the molecule is CC(=O)NCCCc1nc2ccccc2n1Cc1ccc(Cl)c(Cl)c1. The zero-order valence-corrected chi connectivity index (χ0v) is 15.4. The van der Waals surface area contributed by atoms with Crippen molar-refractivity contribution in [1.29, 1.82) is 0 Å². The molecule has 0 saturated heterocycles. The zero-order valence-electron chi connectivity index (χ0n) is 13.9. The Labute approximate surface area is 156 Å². The number of para-hydroxylation sites is 2. The number of rotatable bonds is 6. The van der Waals surface area contributed by atoms with Gasteiger partial charge in [0.2, 0.25) is 5.91 Å². The van der Waals surface area contributed by atoms with Crippen molar-refractivity contribution < 1.29 is 4.79 Å². The van der Waals surface area contributed by atoms with Crippen LogP contribution in [0.4, 0.5) is 0 Å². The lowest BCUT2D eigenvalue weighted by Gasteiger charge is -2.10. The van der Waals surface area contributed by atoms with Gasteiger partial charge in [-0.1, -0.05) is 41.4 Å². The number of aromatic nitrogens is 2. The molecular weight excluding hydrogens is 357 g/mol. The van der Waals surface area contributed by atoms with E-state index in [-0.39, 0.29) is 5.91 Å². The van der Waals surface area contributed by atoms with E-state index in [0.29, 0.717) is 23.1 Å². The highest BCUT2D eigenvalue weighted by Gasteiger charge is 2.11. The average Bonchev–Trinajstić information content (AvgIpc) is 2.93. The Bertz CT molecular complexity index is 905. The standard InChI is InChI=1S/C19H19Cl2N3O/c1-13(25)22-10-4-7-19-23-17-5-2-3-6-18(17)24(19)12-14-8-9-15(20)16(21)11-14/h2-3,5-6,8-9,11H,4,7,10,12H2,1H3,(H,22,25). The van der Waals surface area contributed by atoms with Gasteiger partial charge in [-0.05, 0) is 36.2 Å². The van der Waals surface area contributed by atoms with E-state index >= 15 is 0 Å². The number of aryl methyl sites for hydroxylation is 1. The molecule has 1 heterocycles. The molecule has 0 spiro atoms. The Kier molecular flexibility index (Phi) is 5.61. The molecular formula is C19H19Cl2N3O. The molecule has 3 rings (SSSR count). The van der Waals surface area contributed by atoms with E-state index in [0.717, 1.165) is 35.3 Å². The Balaban J connectivity index is 1.87. The molecule has 1 amide bonds. The Morgan fingerprint density at radius 2 is 1.96 bits per heavy atom. The largest absolute Gasteiger partial charge is 0.356 e. The normalized spacial score (nSPS) is 11.0. The monoisotopic (exact) mass is 375 g/mol. The molecule has 0 fully saturated rings. The second-order valence-electron chi connectivity index (χ2n) is 5.94. The van der Waals surface area contributed by atoms with Crippen LogP contribution in [0.3, 0.4) is 0 Å². The van der Waals surface area contributed by atoms with Gasteiger partial charge in [0.15, 0.2) is 0 Å². The molecule has 2 aromatic carbocycles. The van der Waals surface area contributed by atoms with Crippen molar-refractivity contribution in [1.82, 2.24) is 14.9 Å². The summed E-state index contributed by atoms with van der Waals surface area (Å²) in [4.78, 5) is 15.8. The number of nitrogens with one attached hydrogen (secondary N) is 1. The highest BCUT2D eigenvalue weighted by Crippen LogP contribution is 2.25. The molecule has 0 unspecified atom stereocenters. The van der Waals surface area contributed by atoms with Crippen LogP contribution in [0, 0.1) is 0 Å². The van der Waals surface area contributed by atoms with Crippen molar-refractivity contribution in [2.45, 2.75) is 26.3 Å². The fraction of sp³-hybridized carbons (Fsp3) is 0.263. The number of amides is 1. The van der Waals surface area contributed by atoms with Crippen molar-refractivity contribution in [3.05, 3.63) is 63.9 Å². The van der Waals surface area contributed by atoms with Crippen LogP contribution in [0.25, 0.3) is 11.0 Å². The summed E-state index contributed by atoms with van der Waals surface area (Å²) in [5.41, 5.74) is 3.13. The van der Waals surface area contributed by atoms with E-state index in [1.165, 1.54) is 6.92 Å². The maximum absolute atomic E-state index is 11.0. The molecule has 0 aliphatic rings. The molecule has 1 aromatic heterocycles. The van der Waals surface area contributed by atoms with Crippen molar-refractivity contribution in [3.63, 3.8) is 0 Å². The summed E-state index contributed by atoms with van der Waals surface area (Å²) in [6, 6.07) is 13.8. The van der Waals surface area contributed by atoms with Gasteiger partial charge in [-0.3, -0.25) is 4.79 Å². The molecule has 0 aliphatic heterocycles. The average molecular weight is 376 g/mol. The third kappa shape index (κ3) is 4.33. The van der Waals surface area contributed by atoms with Crippen LogP contribution in [0.5, 0.6) is 0 Å². The van der Waals surface area contributed by atoms with E-state index in [1.807, 2.05) is 36.4 Å².